The predicted molar refractivity (Wildman–Crippen MR) is 96.1 cm³/mol. The molecule has 4 rings (SSSR count). The number of piperidine rings is 2. The minimum absolute atomic E-state index is 0.102. The van der Waals surface area contributed by atoms with Gasteiger partial charge in [0, 0.05) is 38.6 Å². The van der Waals surface area contributed by atoms with Crippen LogP contribution in [0.25, 0.3) is 0 Å². The van der Waals surface area contributed by atoms with E-state index in [1.807, 2.05) is 21.9 Å². The lowest BCUT2D eigenvalue weighted by atomic mass is 9.70. The summed E-state index contributed by atoms with van der Waals surface area (Å²) in [7, 11) is 0. The number of rotatable bonds is 4. The van der Waals surface area contributed by atoms with Crippen LogP contribution in [0.1, 0.15) is 37.7 Å². The number of carbonyl (C=O) groups is 2. The quantitative estimate of drug-likeness (QED) is 0.880. The second-order valence-electron chi connectivity index (χ2n) is 8.20. The summed E-state index contributed by atoms with van der Waals surface area (Å²) >= 11 is 0. The smallest absolute Gasteiger partial charge is 0.229 e. The molecular weight excluding hydrogens is 330 g/mol. The summed E-state index contributed by atoms with van der Waals surface area (Å²) in [4.78, 5) is 33.4. The topological polar surface area (TPSA) is 73.7 Å². The fourth-order valence-electron chi connectivity index (χ4n) is 4.43. The van der Waals surface area contributed by atoms with Crippen LogP contribution >= 0.6 is 0 Å². The van der Waals surface area contributed by atoms with Gasteiger partial charge in [0.15, 0.2) is 0 Å². The number of pyridine rings is 1. The molecule has 1 aromatic heterocycles. The number of likely N-dealkylation sites (tertiary alicyclic amines) is 2. The molecule has 1 aromatic rings. The molecule has 2 amide bonds. The van der Waals surface area contributed by atoms with Gasteiger partial charge in [-0.3, -0.25) is 14.6 Å². The molecule has 3 aliphatic rings. The van der Waals surface area contributed by atoms with E-state index in [1.165, 1.54) is 12.8 Å². The number of amides is 2. The van der Waals surface area contributed by atoms with Gasteiger partial charge in [0.25, 0.3) is 0 Å². The van der Waals surface area contributed by atoms with Gasteiger partial charge in [0.05, 0.1) is 17.9 Å². The zero-order valence-electron chi connectivity index (χ0n) is 15.1. The Labute approximate surface area is 154 Å². The summed E-state index contributed by atoms with van der Waals surface area (Å²) in [5.41, 5.74) is 0.491. The molecule has 3 heterocycles. The van der Waals surface area contributed by atoms with Crippen molar-refractivity contribution in [3.05, 3.63) is 30.1 Å². The highest BCUT2D eigenvalue weighted by Gasteiger charge is 2.49. The summed E-state index contributed by atoms with van der Waals surface area (Å²) in [5.74, 6) is 0.934. The van der Waals surface area contributed by atoms with E-state index in [0.717, 1.165) is 12.1 Å². The normalized spacial score (nSPS) is 25.6. The third kappa shape index (κ3) is 3.61. The van der Waals surface area contributed by atoms with Crippen molar-refractivity contribution in [2.24, 2.45) is 11.3 Å². The number of β-amino-alcohol motifs (C(OH)–C–C–N with tert-alkyl or cyclic N) is 1. The van der Waals surface area contributed by atoms with E-state index in [4.69, 9.17) is 0 Å². The molecule has 0 bridgehead atoms. The Morgan fingerprint density at radius 3 is 2.58 bits per heavy atom. The lowest BCUT2D eigenvalue weighted by Gasteiger charge is -2.48. The van der Waals surface area contributed by atoms with Crippen molar-refractivity contribution in [3.8, 4) is 0 Å². The lowest BCUT2D eigenvalue weighted by molar-refractivity contribution is -0.158. The van der Waals surface area contributed by atoms with Crippen molar-refractivity contribution in [2.75, 3.05) is 26.2 Å². The number of hydrogen-bond donors (Lipinski definition) is 1. The molecule has 1 unspecified atom stereocenters. The van der Waals surface area contributed by atoms with Crippen LogP contribution in [-0.2, 0) is 16.0 Å². The van der Waals surface area contributed by atoms with E-state index in [9.17, 15) is 14.7 Å². The molecule has 0 radical (unpaired) electrons. The van der Waals surface area contributed by atoms with E-state index in [-0.39, 0.29) is 11.8 Å². The van der Waals surface area contributed by atoms with Crippen LogP contribution in [0.4, 0.5) is 0 Å². The van der Waals surface area contributed by atoms with Crippen molar-refractivity contribution in [2.45, 2.75) is 44.6 Å². The van der Waals surface area contributed by atoms with Crippen LogP contribution in [-0.4, -0.2) is 64.0 Å². The molecule has 1 N–H and O–H groups in total. The van der Waals surface area contributed by atoms with Gasteiger partial charge in [0.1, 0.15) is 0 Å². The maximum Gasteiger partial charge on any atom is 0.229 e. The Kier molecular flexibility index (Phi) is 4.69. The van der Waals surface area contributed by atoms with E-state index in [0.29, 0.717) is 51.2 Å². The fourth-order valence-corrected chi connectivity index (χ4v) is 4.43. The largest absolute Gasteiger partial charge is 0.391 e. The molecule has 1 aliphatic carbocycles. The van der Waals surface area contributed by atoms with Gasteiger partial charge in [-0.2, -0.15) is 0 Å². The van der Waals surface area contributed by atoms with Gasteiger partial charge < -0.3 is 14.9 Å². The maximum atomic E-state index is 13.1. The molecule has 1 saturated carbocycles. The summed E-state index contributed by atoms with van der Waals surface area (Å²) < 4.78 is 0. The Balaban J connectivity index is 1.38. The van der Waals surface area contributed by atoms with Crippen LogP contribution in [0.2, 0.25) is 0 Å². The van der Waals surface area contributed by atoms with Gasteiger partial charge in [-0.1, -0.05) is 0 Å². The average Bonchev–Trinajstić information content (AvgIpc) is 3.45. The number of aromatic nitrogens is 1. The highest BCUT2D eigenvalue weighted by atomic mass is 16.3. The molecular formula is C20H27N3O3. The summed E-state index contributed by atoms with van der Waals surface area (Å²) in [6, 6.07) is 3.72. The molecule has 1 spiro atoms. The minimum atomic E-state index is -0.472. The maximum absolute atomic E-state index is 13.1. The first-order valence-corrected chi connectivity index (χ1v) is 9.70. The van der Waals surface area contributed by atoms with Gasteiger partial charge in [-0.15, -0.1) is 0 Å². The second kappa shape index (κ2) is 6.99. The predicted octanol–water partition coefficient (Wildman–Crippen LogP) is 1.24. The SMILES string of the molecule is O=C(Cc1ccncc1)N1CCC2(CC1)CC(O)CN(CC1CC1)C2=O. The van der Waals surface area contributed by atoms with Crippen molar-refractivity contribution in [3.63, 3.8) is 0 Å². The van der Waals surface area contributed by atoms with Gasteiger partial charge in [-0.05, 0) is 55.7 Å². The molecule has 6 nitrogen and oxygen atoms in total. The number of nitrogens with zero attached hydrogens (tertiary/aromatic N) is 3. The van der Waals surface area contributed by atoms with Gasteiger partial charge in [0.2, 0.25) is 11.8 Å². The fraction of sp³-hybridized carbons (Fsp3) is 0.650. The van der Waals surface area contributed by atoms with E-state index in [1.54, 1.807) is 12.4 Å². The Morgan fingerprint density at radius 2 is 1.92 bits per heavy atom. The average molecular weight is 357 g/mol. The molecule has 3 fully saturated rings. The van der Waals surface area contributed by atoms with Crippen molar-refractivity contribution in [1.82, 2.24) is 14.8 Å². The standard InChI is InChI=1S/C20H27N3O3/c24-17-12-20(19(26)23(14-17)13-16-1-2-16)5-9-22(10-6-20)18(25)11-15-3-7-21-8-4-15/h3-4,7-8,16-17,24H,1-2,5-6,9-14H2. The Morgan fingerprint density at radius 1 is 1.23 bits per heavy atom. The first-order valence-electron chi connectivity index (χ1n) is 9.70. The van der Waals surface area contributed by atoms with Crippen LogP contribution in [0, 0.1) is 11.3 Å². The van der Waals surface area contributed by atoms with Crippen LogP contribution in [0.3, 0.4) is 0 Å². The molecule has 1 atom stereocenters. The number of aliphatic hydroxyl groups excluding tert-OH is 1. The Hall–Kier alpha value is -1.95. The zero-order valence-corrected chi connectivity index (χ0v) is 15.1. The first kappa shape index (κ1) is 17.5. The highest BCUT2D eigenvalue weighted by Crippen LogP contribution is 2.42. The van der Waals surface area contributed by atoms with E-state index in [2.05, 4.69) is 4.98 Å². The number of aliphatic hydroxyl groups is 1. The molecule has 2 saturated heterocycles. The highest BCUT2D eigenvalue weighted by molar-refractivity contribution is 5.85. The first-order chi connectivity index (χ1) is 12.6. The summed E-state index contributed by atoms with van der Waals surface area (Å²) in [6.45, 7) is 2.46. The van der Waals surface area contributed by atoms with E-state index >= 15 is 0 Å². The van der Waals surface area contributed by atoms with Crippen molar-refractivity contribution < 1.29 is 14.7 Å². The van der Waals surface area contributed by atoms with Gasteiger partial charge in [-0.25, -0.2) is 0 Å². The molecule has 26 heavy (non-hydrogen) atoms. The monoisotopic (exact) mass is 357 g/mol. The minimum Gasteiger partial charge on any atom is -0.391 e. The lowest BCUT2D eigenvalue weighted by Crippen LogP contribution is -2.58. The van der Waals surface area contributed by atoms with E-state index < -0.39 is 11.5 Å². The van der Waals surface area contributed by atoms with Crippen molar-refractivity contribution in [1.29, 1.82) is 0 Å². The second-order valence-corrected chi connectivity index (χ2v) is 8.20. The third-order valence-electron chi connectivity index (χ3n) is 6.15. The van der Waals surface area contributed by atoms with Gasteiger partial charge >= 0.3 is 0 Å². The van der Waals surface area contributed by atoms with Crippen molar-refractivity contribution >= 4 is 11.8 Å². The zero-order chi connectivity index (χ0) is 18.1. The number of carbonyl (C=O) groups excluding carboxylic acids is 2. The van der Waals surface area contributed by atoms with Crippen LogP contribution < -0.4 is 0 Å². The molecule has 2 aliphatic heterocycles. The van der Waals surface area contributed by atoms with Crippen LogP contribution in [0.5, 0.6) is 0 Å². The summed E-state index contributed by atoms with van der Waals surface area (Å²) in [5, 5.41) is 10.3. The molecule has 6 heteroatoms. The summed E-state index contributed by atoms with van der Waals surface area (Å²) in [6.07, 6.45) is 7.59. The Bertz CT molecular complexity index is 664. The van der Waals surface area contributed by atoms with Crippen LogP contribution in [0.15, 0.2) is 24.5 Å². The molecule has 140 valence electrons. The third-order valence-corrected chi connectivity index (χ3v) is 6.15. The molecule has 0 aromatic carbocycles. The number of hydrogen-bond acceptors (Lipinski definition) is 4.